The van der Waals surface area contributed by atoms with Crippen LogP contribution in [0.25, 0.3) is 0 Å². The minimum Gasteiger partial charge on any atom is -0.355 e. The van der Waals surface area contributed by atoms with Crippen molar-refractivity contribution in [3.8, 4) is 6.07 Å². The summed E-state index contributed by atoms with van der Waals surface area (Å²) in [6.07, 6.45) is 1.20. The predicted octanol–water partition coefficient (Wildman–Crippen LogP) is 3.04. The quantitative estimate of drug-likeness (QED) is 0.710. The number of hydrogen-bond acceptors (Lipinski definition) is 4. The molecule has 6 heteroatoms. The van der Waals surface area contributed by atoms with Gasteiger partial charge in [-0.15, -0.1) is 11.8 Å². The molecule has 0 saturated heterocycles. The van der Waals surface area contributed by atoms with Crippen molar-refractivity contribution in [3.63, 3.8) is 0 Å². The van der Waals surface area contributed by atoms with Gasteiger partial charge in [0.2, 0.25) is 11.8 Å². The zero-order valence-electron chi connectivity index (χ0n) is 14.0. The molecular weight excluding hydrogens is 322 g/mol. The Bertz CT molecular complexity index is 641. The summed E-state index contributed by atoms with van der Waals surface area (Å²) in [6, 6.07) is 9.76. The van der Waals surface area contributed by atoms with Crippen LogP contribution in [-0.4, -0.2) is 24.1 Å². The van der Waals surface area contributed by atoms with Gasteiger partial charge in [-0.05, 0) is 31.4 Å². The Kier molecular flexibility index (Phi) is 6.68. The molecule has 3 atom stereocenters. The van der Waals surface area contributed by atoms with Crippen molar-refractivity contribution >= 4 is 29.3 Å². The van der Waals surface area contributed by atoms with Crippen LogP contribution in [0.2, 0.25) is 0 Å². The second-order valence-corrected chi connectivity index (χ2v) is 7.31. The van der Waals surface area contributed by atoms with Crippen molar-refractivity contribution in [1.82, 2.24) is 5.32 Å². The van der Waals surface area contributed by atoms with Gasteiger partial charge in [0.05, 0.1) is 17.7 Å². The van der Waals surface area contributed by atoms with Gasteiger partial charge in [0.1, 0.15) is 0 Å². The first-order valence-electron chi connectivity index (χ1n) is 8.20. The molecule has 128 valence electrons. The Morgan fingerprint density at radius 2 is 2.12 bits per heavy atom. The standard InChI is InChI=1S/C18H23N3O2S/c1-12(10-19)11-24-16-6-4-3-5-15(16)21-17(22)7-8-20-18(23)14-9-13(14)2/h3-6,12-14H,7-9,11H2,1-2H3,(H,20,23)(H,21,22)/t12-,13+,14-/m1/s1. The molecular formula is C18H23N3O2S. The molecule has 1 saturated carbocycles. The number of carbonyl (C=O) groups is 2. The Labute approximate surface area is 147 Å². The van der Waals surface area contributed by atoms with Gasteiger partial charge in [0.15, 0.2) is 0 Å². The van der Waals surface area contributed by atoms with Crippen LogP contribution < -0.4 is 10.6 Å². The maximum atomic E-state index is 12.1. The van der Waals surface area contributed by atoms with Crippen molar-refractivity contribution in [3.05, 3.63) is 24.3 Å². The molecule has 0 spiro atoms. The number of amides is 2. The summed E-state index contributed by atoms with van der Waals surface area (Å²) < 4.78 is 0. The van der Waals surface area contributed by atoms with Gasteiger partial charge in [0, 0.05) is 29.5 Å². The number of rotatable bonds is 8. The van der Waals surface area contributed by atoms with Gasteiger partial charge >= 0.3 is 0 Å². The summed E-state index contributed by atoms with van der Waals surface area (Å²) in [5, 5.41) is 14.6. The van der Waals surface area contributed by atoms with Gasteiger partial charge in [0.25, 0.3) is 0 Å². The van der Waals surface area contributed by atoms with E-state index < -0.39 is 0 Å². The lowest BCUT2D eigenvalue weighted by Gasteiger charge is -2.11. The molecule has 0 heterocycles. The highest BCUT2D eigenvalue weighted by Gasteiger charge is 2.38. The number of nitriles is 1. The molecule has 0 aromatic heterocycles. The second kappa shape index (κ2) is 8.74. The van der Waals surface area contributed by atoms with E-state index >= 15 is 0 Å². The monoisotopic (exact) mass is 345 g/mol. The lowest BCUT2D eigenvalue weighted by Crippen LogP contribution is -2.29. The molecule has 1 aliphatic carbocycles. The van der Waals surface area contributed by atoms with Gasteiger partial charge < -0.3 is 10.6 Å². The number of hydrogen-bond donors (Lipinski definition) is 2. The van der Waals surface area contributed by atoms with Crippen LogP contribution in [0, 0.1) is 29.1 Å². The van der Waals surface area contributed by atoms with E-state index in [-0.39, 0.29) is 30.1 Å². The van der Waals surface area contributed by atoms with E-state index in [0.29, 0.717) is 18.2 Å². The molecule has 0 bridgehead atoms. The van der Waals surface area contributed by atoms with E-state index in [9.17, 15) is 9.59 Å². The molecule has 1 aliphatic rings. The van der Waals surface area contributed by atoms with Crippen molar-refractivity contribution in [2.45, 2.75) is 31.6 Å². The first kappa shape index (κ1) is 18.3. The summed E-state index contributed by atoms with van der Waals surface area (Å²) in [4.78, 5) is 24.7. The zero-order chi connectivity index (χ0) is 17.5. The van der Waals surface area contributed by atoms with Crippen molar-refractivity contribution < 1.29 is 9.59 Å². The van der Waals surface area contributed by atoms with Crippen LogP contribution in [0.5, 0.6) is 0 Å². The van der Waals surface area contributed by atoms with Gasteiger partial charge in [-0.1, -0.05) is 19.1 Å². The molecule has 2 rings (SSSR count). The smallest absolute Gasteiger partial charge is 0.226 e. The highest BCUT2D eigenvalue weighted by Crippen LogP contribution is 2.37. The Morgan fingerprint density at radius 3 is 2.79 bits per heavy atom. The number of anilines is 1. The number of carbonyl (C=O) groups excluding carboxylic acids is 2. The van der Waals surface area contributed by atoms with E-state index in [1.165, 1.54) is 0 Å². The normalized spacial score (nSPS) is 19.9. The molecule has 2 N–H and O–H groups in total. The SMILES string of the molecule is C[C@H](C#N)CSc1ccccc1NC(=O)CCNC(=O)[C@@H]1C[C@@H]1C. The number of para-hydroxylation sites is 1. The van der Waals surface area contributed by atoms with Crippen LogP contribution in [0.4, 0.5) is 5.69 Å². The maximum absolute atomic E-state index is 12.1. The highest BCUT2D eigenvalue weighted by molar-refractivity contribution is 7.99. The van der Waals surface area contributed by atoms with Crippen LogP contribution in [0.3, 0.4) is 0 Å². The molecule has 2 amide bonds. The van der Waals surface area contributed by atoms with Crippen LogP contribution >= 0.6 is 11.8 Å². The third kappa shape index (κ3) is 5.57. The molecule has 1 aromatic rings. The molecule has 0 radical (unpaired) electrons. The Hall–Kier alpha value is -2.00. The van der Waals surface area contributed by atoms with Gasteiger partial charge in [-0.25, -0.2) is 0 Å². The van der Waals surface area contributed by atoms with Crippen molar-refractivity contribution in [2.75, 3.05) is 17.6 Å². The number of nitrogens with one attached hydrogen (secondary N) is 2. The van der Waals surface area contributed by atoms with E-state index in [4.69, 9.17) is 5.26 Å². The largest absolute Gasteiger partial charge is 0.355 e. The first-order valence-corrected chi connectivity index (χ1v) is 9.18. The van der Waals surface area contributed by atoms with E-state index in [1.807, 2.05) is 31.2 Å². The summed E-state index contributed by atoms with van der Waals surface area (Å²) in [5.74, 6) is 1.17. The fraction of sp³-hybridized carbons (Fsp3) is 0.500. The highest BCUT2D eigenvalue weighted by atomic mass is 32.2. The number of thioether (sulfide) groups is 1. The molecule has 0 aliphatic heterocycles. The van der Waals surface area contributed by atoms with Crippen LogP contribution in [0.15, 0.2) is 29.2 Å². The average Bonchev–Trinajstić information content (AvgIpc) is 3.30. The van der Waals surface area contributed by atoms with E-state index in [2.05, 4.69) is 23.6 Å². The fourth-order valence-electron chi connectivity index (χ4n) is 2.28. The van der Waals surface area contributed by atoms with E-state index in [1.54, 1.807) is 11.8 Å². The van der Waals surface area contributed by atoms with Gasteiger partial charge in [-0.2, -0.15) is 5.26 Å². The summed E-state index contributed by atoms with van der Waals surface area (Å²) in [5.41, 5.74) is 0.750. The third-order valence-electron chi connectivity index (χ3n) is 3.97. The Balaban J connectivity index is 1.78. The van der Waals surface area contributed by atoms with Crippen molar-refractivity contribution in [2.24, 2.45) is 17.8 Å². The first-order chi connectivity index (χ1) is 11.5. The molecule has 5 nitrogen and oxygen atoms in total. The third-order valence-corrected chi connectivity index (χ3v) is 5.30. The second-order valence-electron chi connectivity index (χ2n) is 6.25. The number of nitrogens with zero attached hydrogens (tertiary/aromatic N) is 1. The number of benzene rings is 1. The topological polar surface area (TPSA) is 82.0 Å². The zero-order valence-corrected chi connectivity index (χ0v) is 14.9. The molecule has 0 unspecified atom stereocenters. The predicted molar refractivity (Wildman–Crippen MR) is 95.5 cm³/mol. The summed E-state index contributed by atoms with van der Waals surface area (Å²) in [6.45, 7) is 4.28. The fourth-order valence-corrected chi connectivity index (χ4v) is 3.23. The maximum Gasteiger partial charge on any atom is 0.226 e. The molecule has 1 fully saturated rings. The average molecular weight is 345 g/mol. The molecule has 24 heavy (non-hydrogen) atoms. The van der Waals surface area contributed by atoms with Gasteiger partial charge in [-0.3, -0.25) is 9.59 Å². The van der Waals surface area contributed by atoms with Crippen molar-refractivity contribution in [1.29, 1.82) is 5.26 Å². The minimum absolute atomic E-state index is 0.0428. The van der Waals surface area contributed by atoms with Crippen LogP contribution in [0.1, 0.15) is 26.7 Å². The van der Waals surface area contributed by atoms with E-state index in [0.717, 1.165) is 17.0 Å². The Morgan fingerprint density at radius 1 is 1.42 bits per heavy atom. The van der Waals surface area contributed by atoms with Crippen LogP contribution in [-0.2, 0) is 9.59 Å². The summed E-state index contributed by atoms with van der Waals surface area (Å²) in [7, 11) is 0. The summed E-state index contributed by atoms with van der Waals surface area (Å²) >= 11 is 1.56. The lowest BCUT2D eigenvalue weighted by molar-refractivity contribution is -0.122. The minimum atomic E-state index is -0.125. The lowest BCUT2D eigenvalue weighted by atomic mass is 10.3. The molecule has 1 aromatic carbocycles.